The van der Waals surface area contributed by atoms with Gasteiger partial charge in [-0.2, -0.15) is 4.98 Å². The first-order chi connectivity index (χ1) is 14.6. The molecule has 30 heavy (non-hydrogen) atoms. The minimum atomic E-state index is -0.270. The highest BCUT2D eigenvalue weighted by atomic mass is 79.9. The first kappa shape index (κ1) is 21.4. The van der Waals surface area contributed by atoms with Gasteiger partial charge in [-0.15, -0.1) is 5.10 Å². The summed E-state index contributed by atoms with van der Waals surface area (Å²) in [5, 5.41) is 8.96. The fourth-order valence-electron chi connectivity index (χ4n) is 4.05. The predicted octanol–water partition coefficient (Wildman–Crippen LogP) is 5.74. The number of methoxy groups -OCH3 is 1. The molecule has 2 aliphatic rings. The fourth-order valence-corrected chi connectivity index (χ4v) is 5.44. The van der Waals surface area contributed by atoms with Crippen molar-refractivity contribution in [3.63, 3.8) is 0 Å². The number of fused-ring (bicyclic) bond motifs is 1. The van der Waals surface area contributed by atoms with Crippen molar-refractivity contribution in [2.45, 2.75) is 63.1 Å². The van der Waals surface area contributed by atoms with Gasteiger partial charge in [0.1, 0.15) is 11.8 Å². The van der Waals surface area contributed by atoms with Crippen LogP contribution in [0.5, 0.6) is 5.75 Å². The van der Waals surface area contributed by atoms with Crippen LogP contribution in [0.1, 0.15) is 63.5 Å². The molecule has 0 saturated carbocycles. The van der Waals surface area contributed by atoms with E-state index >= 15 is 0 Å². The van der Waals surface area contributed by atoms with Crippen LogP contribution < -0.4 is 10.1 Å². The summed E-state index contributed by atoms with van der Waals surface area (Å²) >= 11 is 5.28. The van der Waals surface area contributed by atoms with E-state index in [2.05, 4.69) is 28.2 Å². The zero-order valence-electron chi connectivity index (χ0n) is 17.4. The molecule has 0 unspecified atom stereocenters. The SMILES string of the molecule is CCCCCCSc1nc2n(n1)[C@@H](c1ccc(OC)c(Br)c1)C1=C(CCCC1=O)N2. The molecule has 160 valence electrons. The fraction of sp³-hybridized carbons (Fsp3) is 0.500. The number of nitrogens with zero attached hydrogens (tertiary/aromatic N) is 3. The molecule has 1 N–H and O–H groups in total. The Balaban J connectivity index is 1.67. The minimum Gasteiger partial charge on any atom is -0.496 e. The number of allylic oxidation sites excluding steroid dienone is 2. The van der Waals surface area contributed by atoms with Gasteiger partial charge in [0.15, 0.2) is 5.78 Å². The maximum atomic E-state index is 12.9. The number of anilines is 1. The van der Waals surface area contributed by atoms with Crippen LogP contribution in [0.2, 0.25) is 0 Å². The third-order valence-electron chi connectivity index (χ3n) is 5.57. The van der Waals surface area contributed by atoms with Crippen molar-refractivity contribution < 1.29 is 9.53 Å². The highest BCUT2D eigenvalue weighted by molar-refractivity contribution is 9.10. The van der Waals surface area contributed by atoms with Crippen LogP contribution in [0.4, 0.5) is 5.95 Å². The molecule has 0 radical (unpaired) electrons. The molecule has 0 fully saturated rings. The van der Waals surface area contributed by atoms with Crippen LogP contribution in [-0.4, -0.2) is 33.4 Å². The predicted molar refractivity (Wildman–Crippen MR) is 123 cm³/mol. The van der Waals surface area contributed by atoms with E-state index in [-0.39, 0.29) is 11.8 Å². The first-order valence-electron chi connectivity index (χ1n) is 10.6. The van der Waals surface area contributed by atoms with E-state index in [1.807, 2.05) is 22.9 Å². The summed E-state index contributed by atoms with van der Waals surface area (Å²) in [5.74, 6) is 2.68. The molecule has 8 heteroatoms. The van der Waals surface area contributed by atoms with Crippen molar-refractivity contribution >= 4 is 39.4 Å². The van der Waals surface area contributed by atoms with Gasteiger partial charge in [0, 0.05) is 23.4 Å². The highest BCUT2D eigenvalue weighted by Gasteiger charge is 2.37. The van der Waals surface area contributed by atoms with Crippen molar-refractivity contribution in [1.29, 1.82) is 0 Å². The quantitative estimate of drug-likeness (QED) is 0.375. The van der Waals surface area contributed by atoms with Gasteiger partial charge in [-0.3, -0.25) is 4.79 Å². The zero-order valence-corrected chi connectivity index (χ0v) is 19.8. The van der Waals surface area contributed by atoms with Gasteiger partial charge in [-0.05, 0) is 52.9 Å². The van der Waals surface area contributed by atoms with Gasteiger partial charge in [0.05, 0.1) is 11.6 Å². The van der Waals surface area contributed by atoms with E-state index in [1.165, 1.54) is 19.3 Å². The Hall–Kier alpha value is -1.80. The smallest absolute Gasteiger partial charge is 0.227 e. The number of benzene rings is 1. The summed E-state index contributed by atoms with van der Waals surface area (Å²) < 4.78 is 8.12. The number of rotatable bonds is 8. The molecule has 0 amide bonds. The van der Waals surface area contributed by atoms with Crippen molar-refractivity contribution in [2.75, 3.05) is 18.2 Å². The third-order valence-corrected chi connectivity index (χ3v) is 7.11. The van der Waals surface area contributed by atoms with Gasteiger partial charge in [0.2, 0.25) is 11.1 Å². The molecule has 2 aromatic rings. The molecule has 0 bridgehead atoms. The lowest BCUT2D eigenvalue weighted by Gasteiger charge is -2.32. The maximum Gasteiger partial charge on any atom is 0.227 e. The summed E-state index contributed by atoms with van der Waals surface area (Å²) in [7, 11) is 1.65. The molecule has 0 saturated heterocycles. The molecule has 6 nitrogen and oxygen atoms in total. The number of ether oxygens (including phenoxy) is 1. The molecular formula is C22H27BrN4O2S. The molecule has 0 spiro atoms. The van der Waals surface area contributed by atoms with E-state index < -0.39 is 0 Å². The summed E-state index contributed by atoms with van der Waals surface area (Å²) in [6.45, 7) is 2.22. The number of aromatic nitrogens is 3. The lowest BCUT2D eigenvalue weighted by Crippen LogP contribution is -2.31. The van der Waals surface area contributed by atoms with E-state index in [1.54, 1.807) is 18.9 Å². The molecular weight excluding hydrogens is 464 g/mol. The number of carbonyl (C=O) groups is 1. The molecule has 2 heterocycles. The highest BCUT2D eigenvalue weighted by Crippen LogP contribution is 2.42. The summed E-state index contributed by atoms with van der Waals surface area (Å²) in [6.07, 6.45) is 7.22. The van der Waals surface area contributed by atoms with Gasteiger partial charge in [-0.25, -0.2) is 4.68 Å². The molecule has 1 aromatic carbocycles. The second kappa shape index (κ2) is 9.56. The Labute approximate surface area is 190 Å². The zero-order chi connectivity index (χ0) is 21.1. The second-order valence-corrected chi connectivity index (χ2v) is 9.58. The standard InChI is InChI=1S/C22H27BrN4O2S/c1-3-4-5-6-12-30-22-25-21-24-16-8-7-9-17(28)19(16)20(27(21)26-22)14-10-11-18(29-2)15(23)13-14/h10-11,13,20H,3-9,12H2,1-2H3,(H,24,25,26)/t20-/m0/s1. The van der Waals surface area contributed by atoms with Crippen molar-refractivity contribution in [2.24, 2.45) is 0 Å². The van der Waals surface area contributed by atoms with Gasteiger partial charge in [0.25, 0.3) is 0 Å². The van der Waals surface area contributed by atoms with Gasteiger partial charge >= 0.3 is 0 Å². The van der Waals surface area contributed by atoms with Crippen molar-refractivity contribution in [3.8, 4) is 5.75 Å². The minimum absolute atomic E-state index is 0.190. The van der Waals surface area contributed by atoms with Crippen LogP contribution in [0.15, 0.2) is 39.1 Å². The third kappa shape index (κ3) is 4.30. The number of hydrogen-bond acceptors (Lipinski definition) is 6. The Morgan fingerprint density at radius 1 is 1.30 bits per heavy atom. The average molecular weight is 491 g/mol. The lowest BCUT2D eigenvalue weighted by atomic mass is 9.85. The average Bonchev–Trinajstić information content (AvgIpc) is 3.14. The number of nitrogens with one attached hydrogen (secondary N) is 1. The molecule has 1 atom stereocenters. The monoisotopic (exact) mass is 490 g/mol. The number of hydrogen-bond donors (Lipinski definition) is 1. The largest absolute Gasteiger partial charge is 0.496 e. The van der Waals surface area contributed by atoms with Crippen molar-refractivity contribution in [1.82, 2.24) is 14.8 Å². The Morgan fingerprint density at radius 2 is 2.17 bits per heavy atom. The summed E-state index contributed by atoms with van der Waals surface area (Å²) in [5.41, 5.74) is 2.80. The number of Topliss-reactive ketones (excluding diaryl/α,β-unsaturated/α-hetero) is 1. The normalized spacial score (nSPS) is 18.1. The van der Waals surface area contributed by atoms with Crippen LogP contribution in [0.3, 0.4) is 0 Å². The number of thioether (sulfide) groups is 1. The number of ketones is 1. The number of unbranched alkanes of at least 4 members (excludes halogenated alkanes) is 3. The van der Waals surface area contributed by atoms with E-state index in [0.29, 0.717) is 6.42 Å². The first-order valence-corrected chi connectivity index (χ1v) is 12.4. The van der Waals surface area contributed by atoms with Crippen LogP contribution >= 0.6 is 27.7 Å². The van der Waals surface area contributed by atoms with E-state index in [0.717, 1.165) is 63.2 Å². The van der Waals surface area contributed by atoms with Gasteiger partial charge in [-0.1, -0.05) is 44.0 Å². The topological polar surface area (TPSA) is 69.0 Å². The molecule has 4 rings (SSSR count). The summed E-state index contributed by atoms with van der Waals surface area (Å²) in [4.78, 5) is 17.6. The number of carbonyl (C=O) groups excluding carboxylic acids is 1. The Morgan fingerprint density at radius 3 is 2.93 bits per heavy atom. The Kier molecular flexibility index (Phi) is 6.83. The van der Waals surface area contributed by atoms with Crippen LogP contribution in [0.25, 0.3) is 0 Å². The lowest BCUT2D eigenvalue weighted by molar-refractivity contribution is -0.116. The van der Waals surface area contributed by atoms with E-state index in [9.17, 15) is 4.79 Å². The Bertz CT molecular complexity index is 972. The second-order valence-electron chi connectivity index (χ2n) is 7.66. The van der Waals surface area contributed by atoms with Gasteiger partial charge < -0.3 is 10.1 Å². The molecule has 1 aliphatic carbocycles. The van der Waals surface area contributed by atoms with Crippen LogP contribution in [-0.2, 0) is 4.79 Å². The molecule has 1 aromatic heterocycles. The number of halogens is 1. The maximum absolute atomic E-state index is 12.9. The molecule has 1 aliphatic heterocycles. The van der Waals surface area contributed by atoms with Crippen LogP contribution in [0, 0.1) is 0 Å². The van der Waals surface area contributed by atoms with Crippen molar-refractivity contribution in [3.05, 3.63) is 39.5 Å². The van der Waals surface area contributed by atoms with E-state index in [4.69, 9.17) is 14.8 Å². The summed E-state index contributed by atoms with van der Waals surface area (Å²) in [6, 6.07) is 5.68.